The van der Waals surface area contributed by atoms with E-state index in [9.17, 15) is 9.18 Å². The van der Waals surface area contributed by atoms with Crippen LogP contribution in [0.4, 0.5) is 4.39 Å². The molecule has 0 spiro atoms. The predicted molar refractivity (Wildman–Crippen MR) is 70.3 cm³/mol. The molecule has 0 aliphatic heterocycles. The van der Waals surface area contributed by atoms with Gasteiger partial charge in [-0.05, 0) is 37.0 Å². The van der Waals surface area contributed by atoms with Gasteiger partial charge < -0.3 is 5.32 Å². The molecule has 4 heteroatoms. The zero-order valence-corrected chi connectivity index (χ0v) is 10.9. The molecule has 1 aromatic carbocycles. The minimum Gasteiger partial charge on any atom is -0.352 e. The van der Waals surface area contributed by atoms with Crippen molar-refractivity contribution in [2.24, 2.45) is 5.92 Å². The lowest BCUT2D eigenvalue weighted by atomic mass is 9.88. The summed E-state index contributed by atoms with van der Waals surface area (Å²) < 4.78 is 13.0. The molecule has 1 saturated carbocycles. The Morgan fingerprint density at radius 1 is 1.39 bits per heavy atom. The van der Waals surface area contributed by atoms with Gasteiger partial charge in [0.2, 0.25) is 0 Å². The molecule has 18 heavy (non-hydrogen) atoms. The summed E-state index contributed by atoms with van der Waals surface area (Å²) in [6.07, 6.45) is 4.41. The van der Waals surface area contributed by atoms with Gasteiger partial charge in [0.25, 0.3) is 5.91 Å². The van der Waals surface area contributed by atoms with Gasteiger partial charge in [-0.2, -0.15) is 0 Å². The number of hydrogen-bond acceptors (Lipinski definition) is 1. The molecule has 1 amide bonds. The van der Waals surface area contributed by atoms with E-state index in [-0.39, 0.29) is 11.3 Å². The molecule has 2 atom stereocenters. The highest BCUT2D eigenvalue weighted by atomic mass is 35.5. The topological polar surface area (TPSA) is 29.1 Å². The van der Waals surface area contributed by atoms with Gasteiger partial charge in [-0.3, -0.25) is 4.79 Å². The van der Waals surface area contributed by atoms with Crippen LogP contribution in [0.3, 0.4) is 0 Å². The van der Waals surface area contributed by atoms with Gasteiger partial charge in [0.05, 0.1) is 0 Å². The Morgan fingerprint density at radius 2 is 2.17 bits per heavy atom. The Hall–Kier alpha value is -1.09. The summed E-state index contributed by atoms with van der Waals surface area (Å²) in [5.74, 6) is -0.294. The van der Waals surface area contributed by atoms with E-state index >= 15 is 0 Å². The molecule has 2 rings (SSSR count). The fourth-order valence-electron chi connectivity index (χ4n) is 2.35. The molecule has 1 aliphatic rings. The molecule has 2 nitrogen and oxygen atoms in total. The summed E-state index contributed by atoms with van der Waals surface area (Å²) >= 11 is 6.23. The molecule has 0 aromatic heterocycles. The van der Waals surface area contributed by atoms with Crippen molar-refractivity contribution in [3.05, 3.63) is 35.6 Å². The smallest absolute Gasteiger partial charge is 0.251 e. The Kier molecular flexibility index (Phi) is 4.59. The lowest BCUT2D eigenvalue weighted by Gasteiger charge is -2.27. The van der Waals surface area contributed by atoms with Crippen LogP contribution in [0.5, 0.6) is 0 Å². The minimum atomic E-state index is -0.393. The molecule has 1 aromatic rings. The van der Waals surface area contributed by atoms with Gasteiger partial charge in [-0.25, -0.2) is 4.39 Å². The van der Waals surface area contributed by atoms with Gasteiger partial charge >= 0.3 is 0 Å². The van der Waals surface area contributed by atoms with E-state index in [1.165, 1.54) is 31.0 Å². The second kappa shape index (κ2) is 6.19. The van der Waals surface area contributed by atoms with Gasteiger partial charge in [-0.15, -0.1) is 11.6 Å². The Labute approximate surface area is 112 Å². The zero-order valence-electron chi connectivity index (χ0n) is 10.2. The van der Waals surface area contributed by atoms with E-state index in [0.717, 1.165) is 12.8 Å². The largest absolute Gasteiger partial charge is 0.352 e. The van der Waals surface area contributed by atoms with E-state index in [1.54, 1.807) is 6.07 Å². The zero-order chi connectivity index (χ0) is 13.0. The van der Waals surface area contributed by atoms with Crippen molar-refractivity contribution in [2.45, 2.75) is 31.1 Å². The first-order valence-corrected chi connectivity index (χ1v) is 6.78. The third kappa shape index (κ3) is 3.45. The first kappa shape index (κ1) is 13.3. The van der Waals surface area contributed by atoms with E-state index in [4.69, 9.17) is 11.6 Å². The van der Waals surface area contributed by atoms with E-state index in [1.807, 2.05) is 0 Å². The first-order chi connectivity index (χ1) is 8.66. The third-order valence-electron chi connectivity index (χ3n) is 3.43. The van der Waals surface area contributed by atoms with Gasteiger partial charge in [-0.1, -0.05) is 18.9 Å². The van der Waals surface area contributed by atoms with Gasteiger partial charge in [0.15, 0.2) is 0 Å². The number of hydrogen-bond donors (Lipinski definition) is 1. The fraction of sp³-hybridized carbons (Fsp3) is 0.500. The number of benzene rings is 1. The van der Waals surface area contributed by atoms with Crippen molar-refractivity contribution in [3.63, 3.8) is 0 Å². The fourth-order valence-corrected chi connectivity index (χ4v) is 2.72. The first-order valence-electron chi connectivity index (χ1n) is 6.34. The lowest BCUT2D eigenvalue weighted by Crippen LogP contribution is -2.34. The van der Waals surface area contributed by atoms with Gasteiger partial charge in [0, 0.05) is 17.5 Å². The summed E-state index contributed by atoms with van der Waals surface area (Å²) in [7, 11) is 0. The van der Waals surface area contributed by atoms with Crippen LogP contribution in [-0.2, 0) is 0 Å². The van der Waals surface area contributed by atoms with Crippen LogP contribution in [0.1, 0.15) is 36.0 Å². The van der Waals surface area contributed by atoms with Crippen molar-refractivity contribution >= 4 is 17.5 Å². The summed E-state index contributed by atoms with van der Waals surface area (Å²) in [4.78, 5) is 11.8. The van der Waals surface area contributed by atoms with Crippen LogP contribution >= 0.6 is 11.6 Å². The molecule has 0 saturated heterocycles. The van der Waals surface area contributed by atoms with Crippen molar-refractivity contribution in [1.29, 1.82) is 0 Å². The maximum atomic E-state index is 13.0. The summed E-state index contributed by atoms with van der Waals surface area (Å²) in [6.45, 7) is 0.573. The average Bonchev–Trinajstić information content (AvgIpc) is 2.37. The number of carbonyl (C=O) groups is 1. The minimum absolute atomic E-state index is 0.145. The number of halogens is 2. The number of carbonyl (C=O) groups excluding carboxylic acids is 1. The summed E-state index contributed by atoms with van der Waals surface area (Å²) in [5, 5.41) is 2.98. The van der Waals surface area contributed by atoms with E-state index in [2.05, 4.69) is 5.32 Å². The Bertz CT molecular complexity index is 424. The van der Waals surface area contributed by atoms with Crippen LogP contribution in [-0.4, -0.2) is 17.8 Å². The normalized spacial score (nSPS) is 23.7. The highest BCUT2D eigenvalue weighted by molar-refractivity contribution is 6.20. The number of nitrogens with one attached hydrogen (secondary N) is 1. The molecule has 1 N–H and O–H groups in total. The molecule has 98 valence electrons. The second-order valence-corrected chi connectivity index (χ2v) is 5.34. The number of alkyl halides is 1. The van der Waals surface area contributed by atoms with E-state index in [0.29, 0.717) is 18.0 Å². The Morgan fingerprint density at radius 3 is 2.89 bits per heavy atom. The van der Waals surface area contributed by atoms with Crippen molar-refractivity contribution in [1.82, 2.24) is 5.32 Å². The standard InChI is InChI=1S/C14H17ClFNO/c15-13-7-2-1-4-11(13)9-17-14(18)10-5-3-6-12(16)8-10/h3,5-6,8,11,13H,1-2,4,7,9H2,(H,17,18). The second-order valence-electron chi connectivity index (χ2n) is 4.78. The molecular weight excluding hydrogens is 253 g/mol. The van der Waals surface area contributed by atoms with Crippen LogP contribution in [0.2, 0.25) is 0 Å². The highest BCUT2D eigenvalue weighted by Gasteiger charge is 2.23. The Balaban J connectivity index is 1.88. The highest BCUT2D eigenvalue weighted by Crippen LogP contribution is 2.28. The molecular formula is C14H17ClFNO. The maximum absolute atomic E-state index is 13.0. The monoisotopic (exact) mass is 269 g/mol. The predicted octanol–water partition coefficient (Wildman–Crippen LogP) is 3.35. The third-order valence-corrected chi connectivity index (χ3v) is 4.00. The molecule has 1 aliphatic carbocycles. The quantitative estimate of drug-likeness (QED) is 0.838. The SMILES string of the molecule is O=C(NCC1CCCCC1Cl)c1cccc(F)c1. The summed E-state index contributed by atoms with van der Waals surface area (Å²) in [5.41, 5.74) is 0.358. The van der Waals surface area contributed by atoms with Crippen LogP contribution in [0, 0.1) is 11.7 Å². The number of amides is 1. The van der Waals surface area contributed by atoms with Crippen molar-refractivity contribution < 1.29 is 9.18 Å². The number of rotatable bonds is 3. The lowest BCUT2D eigenvalue weighted by molar-refractivity contribution is 0.0943. The molecule has 0 radical (unpaired) electrons. The van der Waals surface area contributed by atoms with Crippen LogP contribution in [0.15, 0.2) is 24.3 Å². The average molecular weight is 270 g/mol. The molecule has 1 fully saturated rings. The van der Waals surface area contributed by atoms with E-state index < -0.39 is 5.82 Å². The van der Waals surface area contributed by atoms with Crippen LogP contribution in [0.25, 0.3) is 0 Å². The van der Waals surface area contributed by atoms with Crippen molar-refractivity contribution in [3.8, 4) is 0 Å². The molecule has 0 heterocycles. The molecule has 0 bridgehead atoms. The van der Waals surface area contributed by atoms with Crippen molar-refractivity contribution in [2.75, 3.05) is 6.54 Å². The summed E-state index contributed by atoms with van der Waals surface area (Å²) in [6, 6.07) is 5.72. The molecule has 2 unspecified atom stereocenters. The van der Waals surface area contributed by atoms with Crippen LogP contribution < -0.4 is 5.32 Å². The maximum Gasteiger partial charge on any atom is 0.251 e. The van der Waals surface area contributed by atoms with Gasteiger partial charge in [0.1, 0.15) is 5.82 Å².